The molecule has 0 aliphatic rings. The van der Waals surface area contributed by atoms with E-state index < -0.39 is 0 Å². The molecule has 0 spiro atoms. The molecule has 0 saturated heterocycles. The van der Waals surface area contributed by atoms with E-state index in [1.54, 1.807) is 31.2 Å². The van der Waals surface area contributed by atoms with E-state index in [-0.39, 0.29) is 17.9 Å². The molecule has 0 aliphatic heterocycles. The molecule has 18 heavy (non-hydrogen) atoms. The maximum atomic E-state index is 12.0. The molecule has 0 unspecified atom stereocenters. The second-order valence-electron chi connectivity index (χ2n) is 3.83. The predicted octanol–water partition coefficient (Wildman–Crippen LogP) is 2.04. The fourth-order valence-electron chi connectivity index (χ4n) is 1.60. The average molecular weight is 354 g/mol. The standard InChI is InChI=1S/C13H11IN2O2/c1-9-15-7-11(14)13(18)16(9)8-12(17)10-5-3-2-4-6-10/h2-7H,8H2,1H3. The van der Waals surface area contributed by atoms with Crippen molar-refractivity contribution in [3.63, 3.8) is 0 Å². The van der Waals surface area contributed by atoms with Crippen LogP contribution in [0.4, 0.5) is 0 Å². The Balaban J connectivity index is 2.34. The molecule has 1 aromatic heterocycles. The first-order valence-electron chi connectivity index (χ1n) is 5.40. The van der Waals surface area contributed by atoms with Gasteiger partial charge in [-0.15, -0.1) is 0 Å². The topological polar surface area (TPSA) is 52.0 Å². The Morgan fingerprint density at radius 3 is 2.67 bits per heavy atom. The first-order valence-corrected chi connectivity index (χ1v) is 6.47. The summed E-state index contributed by atoms with van der Waals surface area (Å²) in [5.41, 5.74) is 0.426. The summed E-state index contributed by atoms with van der Waals surface area (Å²) in [4.78, 5) is 28.0. The molecule has 0 saturated carbocycles. The summed E-state index contributed by atoms with van der Waals surface area (Å²) in [6.07, 6.45) is 1.52. The van der Waals surface area contributed by atoms with Gasteiger partial charge in [0.15, 0.2) is 5.78 Å². The van der Waals surface area contributed by atoms with Crippen molar-refractivity contribution in [3.8, 4) is 0 Å². The third-order valence-corrected chi connectivity index (χ3v) is 3.34. The molecule has 0 amide bonds. The van der Waals surface area contributed by atoms with Crippen molar-refractivity contribution in [2.75, 3.05) is 0 Å². The first kappa shape index (κ1) is 12.9. The molecule has 2 aromatic rings. The fraction of sp³-hybridized carbons (Fsp3) is 0.154. The number of carbonyl (C=O) groups is 1. The van der Waals surface area contributed by atoms with Crippen molar-refractivity contribution in [1.82, 2.24) is 9.55 Å². The van der Waals surface area contributed by atoms with Crippen LogP contribution in [0.25, 0.3) is 0 Å². The maximum absolute atomic E-state index is 12.0. The molecule has 0 bridgehead atoms. The average Bonchev–Trinajstić information content (AvgIpc) is 2.40. The number of hydrogen-bond acceptors (Lipinski definition) is 3. The molecule has 0 N–H and O–H groups in total. The summed E-state index contributed by atoms with van der Waals surface area (Å²) in [5.74, 6) is 0.453. The zero-order valence-electron chi connectivity index (χ0n) is 9.76. The van der Waals surface area contributed by atoms with E-state index in [0.29, 0.717) is 15.0 Å². The van der Waals surface area contributed by atoms with Crippen LogP contribution < -0.4 is 5.56 Å². The van der Waals surface area contributed by atoms with Crippen molar-refractivity contribution < 1.29 is 4.79 Å². The largest absolute Gasteiger partial charge is 0.292 e. The number of benzene rings is 1. The summed E-state index contributed by atoms with van der Waals surface area (Å²) in [6, 6.07) is 8.93. The Kier molecular flexibility index (Phi) is 3.90. The normalized spacial score (nSPS) is 10.3. The SMILES string of the molecule is Cc1ncc(I)c(=O)n1CC(=O)c1ccccc1. The van der Waals surface area contributed by atoms with E-state index in [0.717, 1.165) is 0 Å². The Morgan fingerprint density at radius 1 is 1.33 bits per heavy atom. The van der Waals surface area contributed by atoms with Gasteiger partial charge in [-0.2, -0.15) is 0 Å². The summed E-state index contributed by atoms with van der Waals surface area (Å²) >= 11 is 1.92. The minimum atomic E-state index is -0.174. The highest BCUT2D eigenvalue weighted by Gasteiger charge is 2.11. The number of ketones is 1. The van der Waals surface area contributed by atoms with E-state index in [1.165, 1.54) is 10.8 Å². The lowest BCUT2D eigenvalue weighted by Crippen LogP contribution is -2.28. The third kappa shape index (κ3) is 2.66. The zero-order valence-corrected chi connectivity index (χ0v) is 11.9. The highest BCUT2D eigenvalue weighted by atomic mass is 127. The molecule has 0 atom stereocenters. The Labute approximate surface area is 118 Å². The molecule has 1 aromatic carbocycles. The number of halogens is 1. The van der Waals surface area contributed by atoms with E-state index in [9.17, 15) is 9.59 Å². The Bertz CT molecular complexity index is 635. The predicted molar refractivity (Wildman–Crippen MR) is 76.7 cm³/mol. The second kappa shape index (κ2) is 5.43. The molecule has 0 fully saturated rings. The zero-order chi connectivity index (χ0) is 13.1. The monoisotopic (exact) mass is 354 g/mol. The third-order valence-electron chi connectivity index (χ3n) is 2.60. The van der Waals surface area contributed by atoms with E-state index >= 15 is 0 Å². The summed E-state index contributed by atoms with van der Waals surface area (Å²) < 4.78 is 1.91. The quantitative estimate of drug-likeness (QED) is 0.626. The molecule has 1 heterocycles. The molecule has 2 rings (SSSR count). The van der Waals surface area contributed by atoms with Crippen LogP contribution in [0.1, 0.15) is 16.2 Å². The van der Waals surface area contributed by atoms with E-state index in [2.05, 4.69) is 4.98 Å². The molecular formula is C13H11IN2O2. The van der Waals surface area contributed by atoms with Gasteiger partial charge in [-0.1, -0.05) is 30.3 Å². The number of carbonyl (C=O) groups excluding carboxylic acids is 1. The van der Waals surface area contributed by atoms with Gasteiger partial charge in [0.2, 0.25) is 0 Å². The summed E-state index contributed by atoms with van der Waals surface area (Å²) in [5, 5.41) is 0. The smallest absolute Gasteiger partial charge is 0.267 e. The summed E-state index contributed by atoms with van der Waals surface area (Å²) in [6.45, 7) is 1.74. The van der Waals surface area contributed by atoms with Crippen LogP contribution in [-0.2, 0) is 6.54 Å². The van der Waals surface area contributed by atoms with Gasteiger partial charge >= 0.3 is 0 Å². The Morgan fingerprint density at radius 2 is 2.00 bits per heavy atom. The van der Waals surface area contributed by atoms with Crippen LogP contribution in [0.2, 0.25) is 0 Å². The maximum Gasteiger partial charge on any atom is 0.267 e. The van der Waals surface area contributed by atoms with Crippen molar-refractivity contribution in [2.45, 2.75) is 13.5 Å². The van der Waals surface area contributed by atoms with Crippen LogP contribution in [0.5, 0.6) is 0 Å². The van der Waals surface area contributed by atoms with Crippen molar-refractivity contribution in [1.29, 1.82) is 0 Å². The lowest BCUT2D eigenvalue weighted by molar-refractivity contribution is 0.0969. The number of aromatic nitrogens is 2. The van der Waals surface area contributed by atoms with E-state index in [4.69, 9.17) is 0 Å². The van der Waals surface area contributed by atoms with Crippen LogP contribution >= 0.6 is 22.6 Å². The molecular weight excluding hydrogens is 343 g/mol. The second-order valence-corrected chi connectivity index (χ2v) is 5.00. The van der Waals surface area contributed by atoms with Crippen molar-refractivity contribution in [2.24, 2.45) is 0 Å². The number of nitrogens with zero attached hydrogens (tertiary/aromatic N) is 2. The number of rotatable bonds is 3. The van der Waals surface area contributed by atoms with Gasteiger partial charge in [-0.05, 0) is 29.5 Å². The van der Waals surface area contributed by atoms with E-state index in [1.807, 2.05) is 28.7 Å². The molecule has 0 radical (unpaired) electrons. The minimum absolute atomic E-state index is 0.0263. The van der Waals surface area contributed by atoms with Crippen molar-refractivity contribution in [3.05, 3.63) is 61.8 Å². The van der Waals surface area contributed by atoms with Gasteiger partial charge in [0.1, 0.15) is 5.82 Å². The van der Waals surface area contributed by atoms with Gasteiger partial charge in [0.25, 0.3) is 5.56 Å². The first-order chi connectivity index (χ1) is 8.59. The van der Waals surface area contributed by atoms with Crippen LogP contribution in [0.3, 0.4) is 0 Å². The summed E-state index contributed by atoms with van der Waals surface area (Å²) in [7, 11) is 0. The molecule has 0 aliphatic carbocycles. The van der Waals surface area contributed by atoms with Gasteiger partial charge in [0.05, 0.1) is 10.1 Å². The number of Topliss-reactive ketones (excluding diaryl/α,β-unsaturated/α-hetero) is 1. The van der Waals surface area contributed by atoms with Crippen LogP contribution in [0.15, 0.2) is 41.3 Å². The van der Waals surface area contributed by atoms with Gasteiger partial charge in [-0.25, -0.2) is 4.98 Å². The highest BCUT2D eigenvalue weighted by Crippen LogP contribution is 2.03. The highest BCUT2D eigenvalue weighted by molar-refractivity contribution is 14.1. The lowest BCUT2D eigenvalue weighted by Gasteiger charge is -2.08. The number of hydrogen-bond donors (Lipinski definition) is 0. The lowest BCUT2D eigenvalue weighted by atomic mass is 10.1. The molecule has 4 nitrogen and oxygen atoms in total. The van der Waals surface area contributed by atoms with Gasteiger partial charge < -0.3 is 0 Å². The Hall–Kier alpha value is -1.50. The van der Waals surface area contributed by atoms with Crippen molar-refractivity contribution >= 4 is 28.4 Å². The minimum Gasteiger partial charge on any atom is -0.292 e. The van der Waals surface area contributed by atoms with Crippen LogP contribution in [-0.4, -0.2) is 15.3 Å². The molecule has 5 heteroatoms. The number of aryl methyl sites for hydroxylation is 1. The van der Waals surface area contributed by atoms with Crippen LogP contribution in [0, 0.1) is 10.5 Å². The molecule has 92 valence electrons. The fourth-order valence-corrected chi connectivity index (χ4v) is 2.03. The van der Waals surface area contributed by atoms with Gasteiger partial charge in [-0.3, -0.25) is 14.2 Å². The van der Waals surface area contributed by atoms with Gasteiger partial charge in [0, 0.05) is 11.8 Å².